The second-order valence-electron chi connectivity index (χ2n) is 1.53. The van der Waals surface area contributed by atoms with Crippen LogP contribution in [-0.2, 0) is 9.53 Å². The molecule has 0 saturated heterocycles. The van der Waals surface area contributed by atoms with Gasteiger partial charge in [0.15, 0.2) is 0 Å². The van der Waals surface area contributed by atoms with Crippen LogP contribution >= 0.6 is 37.9 Å². The first-order valence-electron chi connectivity index (χ1n) is 2.19. The summed E-state index contributed by atoms with van der Waals surface area (Å²) < 4.78 is 3.47. The molecule has 0 aliphatic carbocycles. The van der Waals surface area contributed by atoms with Crippen molar-refractivity contribution < 1.29 is 9.53 Å². The summed E-state index contributed by atoms with van der Waals surface area (Å²) in [4.78, 5) is 10.5. The normalized spacial score (nSPS) is 11.1. The van der Waals surface area contributed by atoms with Crippen LogP contribution in [0.25, 0.3) is 0 Å². The fourth-order valence-electron chi connectivity index (χ4n) is 0.266. The second kappa shape index (κ2) is 3.63. The van der Waals surface area contributed by atoms with E-state index in [1.165, 1.54) is 7.11 Å². The average Bonchev–Trinajstić information content (AvgIpc) is 1.62. The van der Waals surface area contributed by atoms with Gasteiger partial charge in [0.1, 0.15) is 3.41 Å². The molecule has 9 heavy (non-hydrogen) atoms. The maximum Gasteiger partial charge on any atom is 0.308 e. The standard InChI is InChI=1S/C4H8O2S3/c1-6-3(5)2-4(7,8)9/h7-9H,2H2,1H3. The van der Waals surface area contributed by atoms with Gasteiger partial charge in [0.2, 0.25) is 0 Å². The Hall–Kier alpha value is 0.520. The molecule has 0 rings (SSSR count). The van der Waals surface area contributed by atoms with E-state index in [2.05, 4.69) is 42.6 Å². The zero-order valence-electron chi connectivity index (χ0n) is 4.87. The molecule has 0 N–H and O–H groups in total. The van der Waals surface area contributed by atoms with Gasteiger partial charge in [-0.25, -0.2) is 0 Å². The fourth-order valence-corrected chi connectivity index (χ4v) is 0.653. The van der Waals surface area contributed by atoms with E-state index in [4.69, 9.17) is 0 Å². The lowest BCUT2D eigenvalue weighted by Gasteiger charge is -2.11. The third-order valence-corrected chi connectivity index (χ3v) is 1.08. The molecule has 0 saturated carbocycles. The smallest absolute Gasteiger partial charge is 0.308 e. The lowest BCUT2D eigenvalue weighted by molar-refractivity contribution is -0.140. The average molecular weight is 184 g/mol. The number of rotatable bonds is 2. The summed E-state index contributed by atoms with van der Waals surface area (Å²) in [6.07, 6.45) is 0.0822. The molecule has 0 fully saturated rings. The third kappa shape index (κ3) is 6.40. The summed E-state index contributed by atoms with van der Waals surface area (Å²) in [6.45, 7) is 0. The Labute approximate surface area is 70.6 Å². The second-order valence-corrected chi connectivity index (χ2v) is 4.88. The van der Waals surface area contributed by atoms with Crippen molar-refractivity contribution in [3.8, 4) is 0 Å². The van der Waals surface area contributed by atoms with E-state index in [1.54, 1.807) is 0 Å². The Kier molecular flexibility index (Phi) is 3.84. The van der Waals surface area contributed by atoms with Gasteiger partial charge in [-0.2, -0.15) is 37.9 Å². The summed E-state index contributed by atoms with van der Waals surface area (Å²) in [6, 6.07) is 0. The van der Waals surface area contributed by atoms with Crippen LogP contribution in [0, 0.1) is 0 Å². The van der Waals surface area contributed by atoms with Crippen molar-refractivity contribution in [1.82, 2.24) is 0 Å². The van der Waals surface area contributed by atoms with Gasteiger partial charge in [-0.15, -0.1) is 0 Å². The topological polar surface area (TPSA) is 26.3 Å². The number of ether oxygens (including phenoxy) is 1. The van der Waals surface area contributed by atoms with Crippen molar-refractivity contribution in [2.24, 2.45) is 0 Å². The Balaban J connectivity index is 3.60. The number of carbonyl (C=O) groups excluding carboxylic acids is 1. The van der Waals surface area contributed by atoms with Gasteiger partial charge >= 0.3 is 5.97 Å². The van der Waals surface area contributed by atoms with E-state index in [9.17, 15) is 4.79 Å². The molecule has 5 heteroatoms. The van der Waals surface area contributed by atoms with Crippen molar-refractivity contribution in [2.45, 2.75) is 9.83 Å². The zero-order chi connectivity index (χ0) is 7.49. The molecule has 0 aromatic heterocycles. The first-order valence-corrected chi connectivity index (χ1v) is 3.54. The summed E-state index contributed by atoms with van der Waals surface area (Å²) in [5, 5.41) is 0. The summed E-state index contributed by atoms with van der Waals surface area (Å²) in [5.74, 6) is -0.366. The number of esters is 1. The molecule has 0 amide bonds. The van der Waals surface area contributed by atoms with E-state index in [0.29, 0.717) is 0 Å². The molecule has 0 spiro atoms. The summed E-state index contributed by atoms with van der Waals surface area (Å²) >= 11 is 11.6. The van der Waals surface area contributed by atoms with E-state index in [-0.39, 0.29) is 12.4 Å². The number of methoxy groups -OCH3 is 1. The molecule has 0 aromatic carbocycles. The zero-order valence-corrected chi connectivity index (χ0v) is 7.55. The number of thiol groups is 3. The Bertz CT molecular complexity index is 107. The Morgan fingerprint density at radius 2 is 2.00 bits per heavy atom. The minimum atomic E-state index is -0.868. The highest BCUT2D eigenvalue weighted by molar-refractivity contribution is 8.17. The molecule has 0 radical (unpaired) electrons. The highest BCUT2D eigenvalue weighted by Gasteiger charge is 2.18. The van der Waals surface area contributed by atoms with E-state index in [1.807, 2.05) is 0 Å². The van der Waals surface area contributed by atoms with E-state index < -0.39 is 3.41 Å². The molecule has 0 aliphatic rings. The number of hydrogen-bond acceptors (Lipinski definition) is 5. The molecule has 54 valence electrons. The van der Waals surface area contributed by atoms with Crippen LogP contribution < -0.4 is 0 Å². The lowest BCUT2D eigenvalue weighted by atomic mass is 10.5. The minimum absolute atomic E-state index is 0.0822. The van der Waals surface area contributed by atoms with Crippen LogP contribution in [0.1, 0.15) is 6.42 Å². The predicted octanol–water partition coefficient (Wildman–Crippen LogP) is 0.993. The van der Waals surface area contributed by atoms with Crippen LogP contribution in [0.3, 0.4) is 0 Å². The molecule has 0 heterocycles. The number of carbonyl (C=O) groups is 1. The first kappa shape index (κ1) is 9.52. The molecule has 0 aliphatic heterocycles. The van der Waals surface area contributed by atoms with Crippen molar-refractivity contribution in [3.63, 3.8) is 0 Å². The molecule has 2 nitrogen and oxygen atoms in total. The van der Waals surface area contributed by atoms with Crippen LogP contribution in [-0.4, -0.2) is 16.5 Å². The molecular weight excluding hydrogens is 176 g/mol. The van der Waals surface area contributed by atoms with Gasteiger partial charge < -0.3 is 4.74 Å². The first-order chi connectivity index (χ1) is 3.95. The molecular formula is C4H8O2S3. The predicted molar refractivity (Wildman–Crippen MR) is 46.3 cm³/mol. The van der Waals surface area contributed by atoms with Crippen molar-refractivity contribution >= 4 is 43.9 Å². The molecule has 0 unspecified atom stereocenters. The van der Waals surface area contributed by atoms with Gasteiger partial charge in [0.05, 0.1) is 13.5 Å². The SMILES string of the molecule is COC(=O)CC(S)(S)S. The molecule has 0 bridgehead atoms. The van der Waals surface area contributed by atoms with E-state index >= 15 is 0 Å². The minimum Gasteiger partial charge on any atom is -0.469 e. The lowest BCUT2D eigenvalue weighted by Crippen LogP contribution is -2.12. The van der Waals surface area contributed by atoms with Crippen molar-refractivity contribution in [3.05, 3.63) is 0 Å². The Morgan fingerprint density at radius 3 is 2.11 bits per heavy atom. The molecule has 0 aromatic rings. The maximum absolute atomic E-state index is 10.5. The highest BCUT2D eigenvalue weighted by atomic mass is 32.2. The van der Waals surface area contributed by atoms with Crippen LogP contribution in [0.2, 0.25) is 0 Å². The van der Waals surface area contributed by atoms with Crippen molar-refractivity contribution in [2.75, 3.05) is 7.11 Å². The van der Waals surface area contributed by atoms with Gasteiger partial charge in [-0.3, -0.25) is 4.79 Å². The quantitative estimate of drug-likeness (QED) is 0.339. The maximum atomic E-state index is 10.5. The van der Waals surface area contributed by atoms with Crippen LogP contribution in [0.5, 0.6) is 0 Å². The van der Waals surface area contributed by atoms with Crippen molar-refractivity contribution in [1.29, 1.82) is 0 Å². The largest absolute Gasteiger partial charge is 0.469 e. The van der Waals surface area contributed by atoms with Gasteiger partial charge in [0.25, 0.3) is 0 Å². The van der Waals surface area contributed by atoms with Crippen LogP contribution in [0.15, 0.2) is 0 Å². The Morgan fingerprint density at radius 1 is 1.56 bits per heavy atom. The fraction of sp³-hybridized carbons (Fsp3) is 0.750. The monoisotopic (exact) mass is 184 g/mol. The summed E-state index contributed by atoms with van der Waals surface area (Å²) in [5.41, 5.74) is 0. The highest BCUT2D eigenvalue weighted by Crippen LogP contribution is 2.28. The van der Waals surface area contributed by atoms with E-state index in [0.717, 1.165) is 0 Å². The summed E-state index contributed by atoms with van der Waals surface area (Å²) in [7, 11) is 1.31. The van der Waals surface area contributed by atoms with Crippen LogP contribution in [0.4, 0.5) is 0 Å². The third-order valence-electron chi connectivity index (χ3n) is 0.609. The van der Waals surface area contributed by atoms with Gasteiger partial charge in [-0.1, -0.05) is 0 Å². The number of hydrogen-bond donors (Lipinski definition) is 3. The molecule has 0 atom stereocenters. The van der Waals surface area contributed by atoms with Gasteiger partial charge in [0, 0.05) is 0 Å². The van der Waals surface area contributed by atoms with Gasteiger partial charge in [-0.05, 0) is 0 Å².